The fourth-order valence-electron chi connectivity index (χ4n) is 5.15. The van der Waals surface area contributed by atoms with E-state index in [0.29, 0.717) is 16.9 Å². The molecule has 3 aromatic rings. The summed E-state index contributed by atoms with van der Waals surface area (Å²) in [6.45, 7) is 4.32. The maximum absolute atomic E-state index is 12.5. The van der Waals surface area contributed by atoms with Gasteiger partial charge >= 0.3 is 17.3 Å². The summed E-state index contributed by atoms with van der Waals surface area (Å²) < 4.78 is 37.8. The zero-order valence-electron chi connectivity index (χ0n) is 24.4. The number of nitrogens with zero attached hydrogens (tertiary/aromatic N) is 2. The number of carbonyl (C=O) groups is 1. The van der Waals surface area contributed by atoms with Crippen LogP contribution in [0.1, 0.15) is 43.3 Å². The Hall–Kier alpha value is -4.31. The zero-order valence-corrected chi connectivity index (χ0v) is 24.4. The Labute approximate surface area is 250 Å². The molecule has 4 heterocycles. The van der Waals surface area contributed by atoms with E-state index in [1.54, 1.807) is 26.0 Å². The van der Waals surface area contributed by atoms with E-state index >= 15 is 0 Å². The molecule has 15 heteroatoms. The van der Waals surface area contributed by atoms with Gasteiger partial charge in [0.15, 0.2) is 0 Å². The molecular formula is C29H34N4O11. The molecule has 1 aromatic carbocycles. The van der Waals surface area contributed by atoms with Crippen molar-refractivity contribution in [3.63, 3.8) is 0 Å². The van der Waals surface area contributed by atoms with E-state index in [2.05, 4.69) is 9.97 Å². The SMILES string of the molecule is CC(=O)O[C@H]1C[C@H](n2cc(C)c(=O)[nH]c2=O)O[C@@H]1COCO[C@H]1C[C@H](n2cc(C)c(=O)[nH]c2=O)O[C@@H]1COc1ccccc1. The van der Waals surface area contributed by atoms with Crippen molar-refractivity contribution < 1.29 is 33.2 Å². The van der Waals surface area contributed by atoms with Gasteiger partial charge in [0.1, 0.15) is 49.9 Å². The predicted octanol–water partition coefficient (Wildman–Crippen LogP) is 0.649. The number of aryl methyl sites for hydroxylation is 2. The summed E-state index contributed by atoms with van der Waals surface area (Å²) >= 11 is 0. The number of aromatic amines is 2. The van der Waals surface area contributed by atoms with Crippen LogP contribution >= 0.6 is 0 Å². The molecule has 2 N–H and O–H groups in total. The van der Waals surface area contributed by atoms with Gasteiger partial charge in [0, 0.05) is 43.3 Å². The van der Waals surface area contributed by atoms with Crippen molar-refractivity contribution in [2.24, 2.45) is 0 Å². The second kappa shape index (κ2) is 13.5. The number of rotatable bonds is 11. The van der Waals surface area contributed by atoms with Crippen molar-refractivity contribution in [3.05, 3.63) is 95.5 Å². The molecule has 2 aliphatic heterocycles. The molecule has 236 valence electrons. The second-order valence-corrected chi connectivity index (χ2v) is 10.7. The summed E-state index contributed by atoms with van der Waals surface area (Å²) in [7, 11) is 0. The number of esters is 1. The first kappa shape index (κ1) is 31.1. The summed E-state index contributed by atoms with van der Waals surface area (Å²) in [6, 6.07) is 9.15. The van der Waals surface area contributed by atoms with E-state index in [1.165, 1.54) is 28.5 Å². The van der Waals surface area contributed by atoms with Gasteiger partial charge in [-0.1, -0.05) is 18.2 Å². The van der Waals surface area contributed by atoms with Gasteiger partial charge < -0.3 is 28.4 Å². The normalized spacial score (nSPS) is 24.8. The molecule has 5 rings (SSSR count). The molecule has 0 spiro atoms. The Morgan fingerprint density at radius 1 is 0.841 bits per heavy atom. The van der Waals surface area contributed by atoms with Gasteiger partial charge in [-0.15, -0.1) is 0 Å². The molecule has 0 radical (unpaired) electrons. The predicted molar refractivity (Wildman–Crippen MR) is 152 cm³/mol. The fourth-order valence-corrected chi connectivity index (χ4v) is 5.15. The topological polar surface area (TPSA) is 182 Å². The monoisotopic (exact) mass is 614 g/mol. The van der Waals surface area contributed by atoms with Crippen molar-refractivity contribution in [1.29, 1.82) is 0 Å². The number of para-hydroxylation sites is 1. The molecule has 44 heavy (non-hydrogen) atoms. The molecule has 2 fully saturated rings. The number of hydrogen-bond donors (Lipinski definition) is 2. The third-order valence-corrected chi connectivity index (χ3v) is 7.40. The lowest BCUT2D eigenvalue weighted by Gasteiger charge is -2.21. The molecule has 0 saturated carbocycles. The maximum Gasteiger partial charge on any atom is 0.330 e. The Kier molecular flexibility index (Phi) is 9.58. The third kappa shape index (κ3) is 7.24. The van der Waals surface area contributed by atoms with E-state index < -0.39 is 65.3 Å². The molecule has 0 amide bonds. The van der Waals surface area contributed by atoms with Crippen LogP contribution in [0.4, 0.5) is 0 Å². The van der Waals surface area contributed by atoms with E-state index in [0.717, 1.165) is 0 Å². The number of benzene rings is 1. The minimum Gasteiger partial charge on any atom is -0.491 e. The summed E-state index contributed by atoms with van der Waals surface area (Å²) in [5.74, 6) is 0.112. The number of aromatic nitrogens is 4. The highest BCUT2D eigenvalue weighted by Gasteiger charge is 2.40. The Balaban J connectivity index is 1.23. The summed E-state index contributed by atoms with van der Waals surface area (Å²) in [5.41, 5.74) is -1.54. The van der Waals surface area contributed by atoms with Crippen LogP contribution in [0.3, 0.4) is 0 Å². The largest absolute Gasteiger partial charge is 0.491 e. The van der Waals surface area contributed by atoms with Crippen molar-refractivity contribution in [1.82, 2.24) is 19.1 Å². The minimum atomic E-state index is -0.792. The van der Waals surface area contributed by atoms with Crippen LogP contribution < -0.4 is 27.2 Å². The summed E-state index contributed by atoms with van der Waals surface area (Å²) in [5, 5.41) is 0. The molecule has 0 unspecified atom stereocenters. The Morgan fingerprint density at radius 2 is 1.39 bits per heavy atom. The Bertz CT molecular complexity index is 1700. The van der Waals surface area contributed by atoms with Gasteiger partial charge in [-0.2, -0.15) is 0 Å². The van der Waals surface area contributed by atoms with Crippen LogP contribution in [0, 0.1) is 13.8 Å². The van der Waals surface area contributed by atoms with Gasteiger partial charge in [0.25, 0.3) is 11.1 Å². The van der Waals surface area contributed by atoms with Crippen molar-refractivity contribution in [3.8, 4) is 5.75 Å². The van der Waals surface area contributed by atoms with Crippen LogP contribution in [0.2, 0.25) is 0 Å². The first-order valence-corrected chi connectivity index (χ1v) is 14.1. The first-order valence-electron chi connectivity index (χ1n) is 14.1. The number of H-pyrrole nitrogens is 2. The number of hydrogen-bond acceptors (Lipinski definition) is 11. The third-order valence-electron chi connectivity index (χ3n) is 7.40. The second-order valence-electron chi connectivity index (χ2n) is 10.7. The molecule has 2 aliphatic rings. The lowest BCUT2D eigenvalue weighted by molar-refractivity contribution is -0.159. The standard InChI is InChI=1S/C29H34N4O11/c1-16-11-32(28(37)30-26(16)35)24-9-20(23(44-24)14-40-19-7-5-4-6-8-19)41-15-39-13-22-21(42-18(3)34)10-25(43-22)33-12-17(2)27(36)31-29(33)38/h4-8,11-12,20-25H,9-10,13-15H2,1-3H3,(H,30,35,37)(H,31,36,38)/t20-,21-,22+,23+,24+,25+/m0/s1. The molecule has 15 nitrogen and oxygen atoms in total. The lowest BCUT2D eigenvalue weighted by Crippen LogP contribution is -2.34. The first-order chi connectivity index (χ1) is 21.1. The van der Waals surface area contributed by atoms with E-state index in [-0.39, 0.29) is 32.8 Å². The van der Waals surface area contributed by atoms with Crippen LogP contribution in [-0.2, 0) is 28.5 Å². The Morgan fingerprint density at radius 3 is 1.95 bits per heavy atom. The van der Waals surface area contributed by atoms with Gasteiger partial charge in [0.05, 0.1) is 12.7 Å². The van der Waals surface area contributed by atoms with Crippen LogP contribution in [0.5, 0.6) is 5.75 Å². The molecule has 0 aliphatic carbocycles. The average Bonchev–Trinajstić information content (AvgIpc) is 3.57. The molecule has 2 saturated heterocycles. The van der Waals surface area contributed by atoms with Crippen molar-refractivity contribution >= 4 is 5.97 Å². The van der Waals surface area contributed by atoms with Gasteiger partial charge in [-0.05, 0) is 26.0 Å². The van der Waals surface area contributed by atoms with Crippen LogP contribution in [-0.4, -0.2) is 69.5 Å². The smallest absolute Gasteiger partial charge is 0.330 e. The number of carbonyl (C=O) groups excluding carboxylic acids is 1. The average molecular weight is 615 g/mol. The molecule has 0 bridgehead atoms. The van der Waals surface area contributed by atoms with Gasteiger partial charge in [-0.25, -0.2) is 9.59 Å². The molecule has 2 aromatic heterocycles. The number of ether oxygens (including phenoxy) is 6. The molecular weight excluding hydrogens is 580 g/mol. The highest BCUT2D eigenvalue weighted by atomic mass is 16.7. The van der Waals surface area contributed by atoms with E-state index in [4.69, 9.17) is 28.4 Å². The molecule has 6 atom stereocenters. The summed E-state index contributed by atoms with van der Waals surface area (Å²) in [6.07, 6.45) is -0.805. The van der Waals surface area contributed by atoms with Crippen molar-refractivity contribution in [2.75, 3.05) is 20.0 Å². The quantitative estimate of drug-likeness (QED) is 0.176. The van der Waals surface area contributed by atoms with Gasteiger partial charge in [0.2, 0.25) is 0 Å². The van der Waals surface area contributed by atoms with E-state index in [9.17, 15) is 24.0 Å². The zero-order chi connectivity index (χ0) is 31.4. The van der Waals surface area contributed by atoms with Crippen LogP contribution in [0.25, 0.3) is 0 Å². The van der Waals surface area contributed by atoms with Gasteiger partial charge in [-0.3, -0.25) is 33.5 Å². The van der Waals surface area contributed by atoms with E-state index in [1.807, 2.05) is 18.2 Å². The lowest BCUT2D eigenvalue weighted by atomic mass is 10.2. The fraction of sp³-hybridized carbons (Fsp3) is 0.483. The van der Waals surface area contributed by atoms with Crippen molar-refractivity contribution in [2.45, 2.75) is 70.5 Å². The highest BCUT2D eigenvalue weighted by Crippen LogP contribution is 2.32. The maximum atomic E-state index is 12.5. The summed E-state index contributed by atoms with van der Waals surface area (Å²) in [4.78, 5) is 64.8. The highest BCUT2D eigenvalue weighted by molar-refractivity contribution is 5.66. The number of nitrogens with one attached hydrogen (secondary N) is 2. The van der Waals surface area contributed by atoms with Crippen LogP contribution in [0.15, 0.2) is 61.9 Å². The minimum absolute atomic E-state index is 0.0354.